The molecule has 0 radical (unpaired) electrons. The number of aliphatic hydroxyl groups is 1. The van der Waals surface area contributed by atoms with E-state index >= 15 is 0 Å². The summed E-state index contributed by atoms with van der Waals surface area (Å²) in [5, 5.41) is 26.6. The third-order valence-electron chi connectivity index (χ3n) is 8.78. The van der Waals surface area contributed by atoms with E-state index in [4.69, 9.17) is 4.43 Å². The summed E-state index contributed by atoms with van der Waals surface area (Å²) in [6, 6.07) is 20.4. The van der Waals surface area contributed by atoms with Gasteiger partial charge in [0, 0.05) is 31.1 Å². The van der Waals surface area contributed by atoms with Crippen LogP contribution in [0.2, 0.25) is 18.1 Å². The lowest BCUT2D eigenvalue weighted by molar-refractivity contribution is -0.121. The molecule has 3 aromatic rings. The number of amides is 1. The molecule has 3 rings (SSSR count). The molecule has 0 fully saturated rings. The quantitative estimate of drug-likeness (QED) is 0.148. The molecule has 7 heteroatoms. The lowest BCUT2D eigenvalue weighted by Crippen LogP contribution is -2.44. The van der Waals surface area contributed by atoms with Gasteiger partial charge in [0.05, 0.1) is 12.7 Å². The topological polar surface area (TPSA) is 90.8 Å². The van der Waals surface area contributed by atoms with Gasteiger partial charge in [-0.15, -0.1) is 0 Å². The molecule has 0 aliphatic heterocycles. The van der Waals surface area contributed by atoms with E-state index in [1.54, 1.807) is 6.07 Å². The molecule has 0 heterocycles. The van der Waals surface area contributed by atoms with Crippen molar-refractivity contribution in [2.24, 2.45) is 0 Å². The van der Waals surface area contributed by atoms with E-state index in [1.807, 2.05) is 12.1 Å². The molecule has 0 saturated carbocycles. The van der Waals surface area contributed by atoms with Gasteiger partial charge in [0.25, 0.3) is 0 Å². The number of nitrogens with one attached hydrogen (secondary N) is 2. The van der Waals surface area contributed by atoms with Gasteiger partial charge in [-0.3, -0.25) is 4.79 Å². The number of benzene rings is 3. The maximum absolute atomic E-state index is 12.5. The number of hydrogen-bond acceptors (Lipinski definition) is 5. The Morgan fingerprint density at radius 2 is 1.67 bits per heavy atom. The van der Waals surface area contributed by atoms with Crippen LogP contribution in [0.1, 0.15) is 79.2 Å². The van der Waals surface area contributed by atoms with Crippen molar-refractivity contribution in [3.63, 3.8) is 0 Å². The van der Waals surface area contributed by atoms with E-state index in [0.29, 0.717) is 31.5 Å². The molecule has 0 aliphatic rings. The molecule has 0 spiro atoms. The first-order chi connectivity index (χ1) is 20.2. The Bertz CT molecular complexity index is 1370. The average molecular weight is 605 g/mol. The van der Waals surface area contributed by atoms with Crippen molar-refractivity contribution < 1.29 is 19.4 Å². The van der Waals surface area contributed by atoms with Crippen LogP contribution in [0.5, 0.6) is 5.75 Å². The van der Waals surface area contributed by atoms with Crippen LogP contribution in [-0.2, 0) is 35.2 Å². The summed E-state index contributed by atoms with van der Waals surface area (Å²) < 4.78 is 6.84. The van der Waals surface area contributed by atoms with Crippen molar-refractivity contribution in [3.05, 3.63) is 99.6 Å². The minimum Gasteiger partial charge on any atom is -0.508 e. The van der Waals surface area contributed by atoms with E-state index in [9.17, 15) is 15.0 Å². The summed E-state index contributed by atoms with van der Waals surface area (Å²) in [7, 11) is -2.09. The van der Waals surface area contributed by atoms with Crippen LogP contribution < -0.4 is 10.6 Å². The molecule has 0 saturated heterocycles. The molecule has 2 atom stereocenters. The molecule has 43 heavy (non-hydrogen) atoms. The average Bonchev–Trinajstić information content (AvgIpc) is 2.94. The van der Waals surface area contributed by atoms with Crippen molar-refractivity contribution in [1.82, 2.24) is 10.6 Å². The Morgan fingerprint density at radius 3 is 2.35 bits per heavy atom. The predicted octanol–water partition coefficient (Wildman–Crippen LogP) is 7.03. The first-order valence-corrected chi connectivity index (χ1v) is 18.3. The monoisotopic (exact) mass is 604 g/mol. The molecule has 234 valence electrons. The zero-order chi connectivity index (χ0) is 31.8. The standard InChI is InChI=1S/C36H52N2O4Si/c1-25-12-13-30(18-26(25)2)22-38-35(41)17-14-28-10-9-11-29(20-28)19-27(3)37-23-34(42-43(7,8)36(4,5)6)31-15-16-33(40)32(21-31)24-39/h9-13,15-16,18,20-21,27,34,37,39-40H,14,17,19,22-24H2,1-8H3,(H,38,41)/t27-,34+/m1/s1. The van der Waals surface area contributed by atoms with Crippen LogP contribution in [0.4, 0.5) is 0 Å². The van der Waals surface area contributed by atoms with Crippen LogP contribution in [0.15, 0.2) is 60.7 Å². The van der Waals surface area contributed by atoms with Crippen LogP contribution in [-0.4, -0.2) is 37.0 Å². The molecular weight excluding hydrogens is 552 g/mol. The lowest BCUT2D eigenvalue weighted by atomic mass is 10.0. The van der Waals surface area contributed by atoms with Gasteiger partial charge >= 0.3 is 0 Å². The second-order valence-electron chi connectivity index (χ2n) is 13.4. The van der Waals surface area contributed by atoms with Gasteiger partial charge in [-0.05, 0) is 97.3 Å². The lowest BCUT2D eigenvalue weighted by Gasteiger charge is -2.40. The Morgan fingerprint density at radius 1 is 0.953 bits per heavy atom. The van der Waals surface area contributed by atoms with Gasteiger partial charge < -0.3 is 25.3 Å². The molecule has 6 nitrogen and oxygen atoms in total. The normalized spacial score (nSPS) is 13.5. The zero-order valence-corrected chi connectivity index (χ0v) is 28.4. The number of aliphatic hydroxyl groups excluding tert-OH is 1. The highest BCUT2D eigenvalue weighted by molar-refractivity contribution is 6.74. The third kappa shape index (κ3) is 10.3. The Labute approximate surface area is 260 Å². The van der Waals surface area contributed by atoms with E-state index in [0.717, 1.165) is 23.1 Å². The van der Waals surface area contributed by atoms with Gasteiger partial charge in [-0.25, -0.2) is 0 Å². The van der Waals surface area contributed by atoms with Crippen molar-refractivity contribution in [1.29, 1.82) is 0 Å². The molecule has 4 N–H and O–H groups in total. The van der Waals surface area contributed by atoms with E-state index in [1.165, 1.54) is 16.7 Å². The third-order valence-corrected chi connectivity index (χ3v) is 13.3. The maximum Gasteiger partial charge on any atom is 0.220 e. The van der Waals surface area contributed by atoms with Crippen molar-refractivity contribution >= 4 is 14.2 Å². The van der Waals surface area contributed by atoms with Gasteiger partial charge in [-0.1, -0.05) is 69.3 Å². The highest BCUT2D eigenvalue weighted by Crippen LogP contribution is 2.40. The summed E-state index contributed by atoms with van der Waals surface area (Å²) in [5.41, 5.74) is 7.45. The van der Waals surface area contributed by atoms with E-state index in [-0.39, 0.29) is 35.4 Å². The van der Waals surface area contributed by atoms with Gasteiger partial charge in [0.2, 0.25) is 5.91 Å². The summed E-state index contributed by atoms with van der Waals surface area (Å²) in [4.78, 5) is 12.5. The van der Waals surface area contributed by atoms with Gasteiger partial charge in [0.1, 0.15) is 5.75 Å². The Kier molecular flexibility index (Phi) is 12.2. The molecule has 0 bridgehead atoms. The number of carbonyl (C=O) groups excluding carboxylic acids is 1. The van der Waals surface area contributed by atoms with Crippen molar-refractivity contribution in [2.75, 3.05) is 6.54 Å². The van der Waals surface area contributed by atoms with E-state index in [2.05, 4.69) is 108 Å². The fourth-order valence-corrected chi connectivity index (χ4v) is 6.08. The molecule has 3 aromatic carbocycles. The van der Waals surface area contributed by atoms with Crippen molar-refractivity contribution in [3.8, 4) is 5.75 Å². The Hall–Kier alpha value is -2.97. The second-order valence-corrected chi connectivity index (χ2v) is 18.2. The van der Waals surface area contributed by atoms with Crippen LogP contribution >= 0.6 is 0 Å². The fraction of sp³-hybridized carbons (Fsp3) is 0.472. The highest BCUT2D eigenvalue weighted by atomic mass is 28.4. The van der Waals surface area contributed by atoms with E-state index < -0.39 is 8.32 Å². The summed E-state index contributed by atoms with van der Waals surface area (Å²) in [5.74, 6) is 0.155. The fourth-order valence-electron chi connectivity index (χ4n) is 4.80. The summed E-state index contributed by atoms with van der Waals surface area (Å²) in [6.07, 6.45) is 1.79. The first-order valence-electron chi connectivity index (χ1n) is 15.4. The second kappa shape index (κ2) is 15.2. The molecule has 0 aromatic heterocycles. The number of rotatable bonds is 14. The van der Waals surface area contributed by atoms with Gasteiger partial charge in [-0.2, -0.15) is 0 Å². The Balaban J connectivity index is 1.58. The minimum absolute atomic E-state index is 0.0463. The summed E-state index contributed by atoms with van der Waals surface area (Å²) >= 11 is 0. The number of hydrogen-bond donors (Lipinski definition) is 4. The van der Waals surface area contributed by atoms with Crippen molar-refractivity contribution in [2.45, 2.75) is 104 Å². The number of aryl methyl sites for hydroxylation is 3. The molecule has 0 unspecified atom stereocenters. The summed E-state index contributed by atoms with van der Waals surface area (Å²) in [6.45, 7) is 18.5. The molecule has 0 aliphatic carbocycles. The first kappa shape index (κ1) is 34.5. The van der Waals surface area contributed by atoms with Crippen LogP contribution in [0, 0.1) is 13.8 Å². The SMILES string of the molecule is Cc1ccc(CNC(=O)CCc2cccc(C[C@@H](C)NC[C@H](O[Si](C)(C)C(C)(C)C)c3ccc(O)c(CO)c3)c2)cc1C. The molecular formula is C36H52N2O4Si. The number of phenols is 1. The number of aromatic hydroxyl groups is 1. The predicted molar refractivity (Wildman–Crippen MR) is 179 cm³/mol. The smallest absolute Gasteiger partial charge is 0.220 e. The van der Waals surface area contributed by atoms with Gasteiger partial charge in [0.15, 0.2) is 8.32 Å². The number of carbonyl (C=O) groups is 1. The maximum atomic E-state index is 12.5. The van der Waals surface area contributed by atoms with Crippen LogP contribution in [0.3, 0.4) is 0 Å². The molecule has 1 amide bonds. The minimum atomic E-state index is -2.09. The zero-order valence-electron chi connectivity index (χ0n) is 27.4. The largest absolute Gasteiger partial charge is 0.508 e. The highest BCUT2D eigenvalue weighted by Gasteiger charge is 2.39. The van der Waals surface area contributed by atoms with Crippen LogP contribution in [0.25, 0.3) is 0 Å².